The van der Waals surface area contributed by atoms with Crippen LogP contribution in [0.15, 0.2) is 66.7 Å². The molecule has 0 radical (unpaired) electrons. The summed E-state index contributed by atoms with van der Waals surface area (Å²) < 4.78 is 0. The van der Waals surface area contributed by atoms with Crippen molar-refractivity contribution in [1.82, 2.24) is 15.0 Å². The lowest BCUT2D eigenvalue weighted by Crippen LogP contribution is -1.97. The van der Waals surface area contributed by atoms with Crippen LogP contribution < -0.4 is 0 Å². The summed E-state index contributed by atoms with van der Waals surface area (Å²) in [6.45, 7) is 4.06. The van der Waals surface area contributed by atoms with Crippen LogP contribution in [-0.2, 0) is 0 Å². The zero-order valence-electron chi connectivity index (χ0n) is 13.7. The lowest BCUT2D eigenvalue weighted by Gasteiger charge is -2.09. The number of fused-ring (bicyclic) bond motifs is 1. The Morgan fingerprint density at radius 1 is 0.667 bits per heavy atom. The molecule has 0 saturated heterocycles. The van der Waals surface area contributed by atoms with E-state index in [2.05, 4.69) is 42.2 Å². The van der Waals surface area contributed by atoms with E-state index < -0.39 is 0 Å². The second-order valence-corrected chi connectivity index (χ2v) is 5.94. The Morgan fingerprint density at radius 2 is 1.46 bits per heavy atom. The molecule has 0 fully saturated rings. The summed E-state index contributed by atoms with van der Waals surface area (Å²) in [6.07, 6.45) is 0. The van der Waals surface area contributed by atoms with Crippen LogP contribution >= 0.6 is 0 Å². The highest BCUT2D eigenvalue weighted by atomic mass is 14.9. The van der Waals surface area contributed by atoms with Crippen LogP contribution in [0.1, 0.15) is 11.3 Å². The lowest BCUT2D eigenvalue weighted by molar-refractivity contribution is 1.14. The van der Waals surface area contributed by atoms with Gasteiger partial charge in [-0.15, -0.1) is 0 Å². The fourth-order valence-corrected chi connectivity index (χ4v) is 2.79. The molecule has 3 nitrogen and oxygen atoms in total. The summed E-state index contributed by atoms with van der Waals surface area (Å²) in [7, 11) is 0. The van der Waals surface area contributed by atoms with Crippen molar-refractivity contribution in [3.05, 3.63) is 78.0 Å². The Morgan fingerprint density at radius 3 is 2.25 bits per heavy atom. The molecule has 2 heterocycles. The fourth-order valence-electron chi connectivity index (χ4n) is 2.79. The number of pyridine rings is 1. The molecule has 0 unspecified atom stereocenters. The minimum Gasteiger partial charge on any atom is -0.250 e. The van der Waals surface area contributed by atoms with Gasteiger partial charge < -0.3 is 0 Å². The molecule has 116 valence electrons. The van der Waals surface area contributed by atoms with Crippen LogP contribution in [0.4, 0.5) is 0 Å². The first-order valence-electron chi connectivity index (χ1n) is 7.98. The van der Waals surface area contributed by atoms with Gasteiger partial charge in [0.2, 0.25) is 0 Å². The van der Waals surface area contributed by atoms with Crippen LogP contribution in [0.25, 0.3) is 33.7 Å². The van der Waals surface area contributed by atoms with Gasteiger partial charge in [0.1, 0.15) is 5.69 Å². The first-order valence-corrected chi connectivity index (χ1v) is 7.98. The molecule has 0 bridgehead atoms. The number of hydrogen-bond acceptors (Lipinski definition) is 3. The summed E-state index contributed by atoms with van der Waals surface area (Å²) in [5, 5.41) is 1.05. The van der Waals surface area contributed by atoms with E-state index in [9.17, 15) is 0 Å². The summed E-state index contributed by atoms with van der Waals surface area (Å²) in [5.74, 6) is 0.660. The molecule has 3 heteroatoms. The van der Waals surface area contributed by atoms with Gasteiger partial charge in [-0.3, -0.25) is 0 Å². The van der Waals surface area contributed by atoms with E-state index in [1.54, 1.807) is 0 Å². The van der Waals surface area contributed by atoms with Crippen molar-refractivity contribution in [2.45, 2.75) is 13.8 Å². The average molecular weight is 311 g/mol. The molecule has 24 heavy (non-hydrogen) atoms. The van der Waals surface area contributed by atoms with Gasteiger partial charge in [-0.05, 0) is 32.0 Å². The molecule has 2 aromatic carbocycles. The van der Waals surface area contributed by atoms with Gasteiger partial charge in [0.05, 0.1) is 11.2 Å². The predicted octanol–water partition coefficient (Wildman–Crippen LogP) is 4.98. The Hall–Kier alpha value is -3.07. The van der Waals surface area contributed by atoms with Crippen LogP contribution in [0, 0.1) is 13.8 Å². The molecular weight excluding hydrogens is 294 g/mol. The molecular formula is C21H17N3. The van der Waals surface area contributed by atoms with Crippen LogP contribution in [0.5, 0.6) is 0 Å². The van der Waals surface area contributed by atoms with Gasteiger partial charge in [-0.25, -0.2) is 15.0 Å². The fraction of sp³-hybridized carbons (Fsp3) is 0.0952. The third-order valence-electron chi connectivity index (χ3n) is 4.05. The van der Waals surface area contributed by atoms with Crippen molar-refractivity contribution >= 4 is 10.9 Å². The number of hydrogen-bond donors (Lipinski definition) is 0. The van der Waals surface area contributed by atoms with Gasteiger partial charge in [0, 0.05) is 16.6 Å². The highest BCUT2D eigenvalue weighted by Crippen LogP contribution is 2.28. The quantitative estimate of drug-likeness (QED) is 0.524. The Bertz CT molecular complexity index is 1020. The molecule has 4 aromatic rings. The maximum Gasteiger partial charge on any atom is 0.179 e. The Labute approximate surface area is 141 Å². The van der Waals surface area contributed by atoms with E-state index in [0.717, 1.165) is 33.5 Å². The van der Waals surface area contributed by atoms with Crippen LogP contribution in [-0.4, -0.2) is 15.0 Å². The smallest absolute Gasteiger partial charge is 0.179 e. The molecule has 0 aliphatic rings. The predicted molar refractivity (Wildman–Crippen MR) is 97.7 cm³/mol. The topological polar surface area (TPSA) is 38.7 Å². The van der Waals surface area contributed by atoms with Gasteiger partial charge in [-0.2, -0.15) is 0 Å². The molecule has 0 spiro atoms. The molecule has 2 aromatic heterocycles. The highest BCUT2D eigenvalue weighted by Gasteiger charge is 2.11. The zero-order chi connectivity index (χ0) is 16.5. The van der Waals surface area contributed by atoms with Crippen molar-refractivity contribution in [2.24, 2.45) is 0 Å². The van der Waals surface area contributed by atoms with E-state index in [4.69, 9.17) is 9.97 Å². The maximum absolute atomic E-state index is 4.84. The summed E-state index contributed by atoms with van der Waals surface area (Å²) >= 11 is 0. The second-order valence-electron chi connectivity index (χ2n) is 5.94. The number of nitrogens with zero attached hydrogens (tertiary/aromatic N) is 3. The van der Waals surface area contributed by atoms with Crippen LogP contribution in [0.3, 0.4) is 0 Å². The minimum absolute atomic E-state index is 0.660. The lowest BCUT2D eigenvalue weighted by atomic mass is 10.0. The molecule has 0 N–H and O–H groups in total. The first kappa shape index (κ1) is 14.5. The molecule has 4 rings (SSSR count). The molecule has 0 aliphatic heterocycles. The Balaban J connectivity index is 1.99. The number of aryl methyl sites for hydroxylation is 2. The van der Waals surface area contributed by atoms with Crippen molar-refractivity contribution in [2.75, 3.05) is 0 Å². The monoisotopic (exact) mass is 311 g/mol. The third kappa shape index (κ3) is 2.65. The third-order valence-corrected chi connectivity index (χ3v) is 4.05. The second kappa shape index (κ2) is 5.85. The van der Waals surface area contributed by atoms with Crippen LogP contribution in [0.2, 0.25) is 0 Å². The summed E-state index contributed by atoms with van der Waals surface area (Å²) in [4.78, 5) is 14.1. The first-order chi connectivity index (χ1) is 11.7. The minimum atomic E-state index is 0.660. The SMILES string of the molecule is Cc1ccc(-c2nc(-c3cccc(C)n3)nc3ccccc23)cc1. The maximum atomic E-state index is 4.84. The summed E-state index contributed by atoms with van der Waals surface area (Å²) in [6, 6.07) is 22.5. The average Bonchev–Trinajstić information content (AvgIpc) is 2.61. The number of rotatable bonds is 2. The number of aromatic nitrogens is 3. The van der Waals surface area contributed by atoms with E-state index in [1.807, 2.05) is 43.3 Å². The Kier molecular flexibility index (Phi) is 3.54. The molecule has 0 aliphatic carbocycles. The zero-order valence-corrected chi connectivity index (χ0v) is 13.7. The largest absolute Gasteiger partial charge is 0.250 e. The number of para-hydroxylation sites is 1. The van der Waals surface area contributed by atoms with Crippen molar-refractivity contribution < 1.29 is 0 Å². The normalized spacial score (nSPS) is 10.9. The standard InChI is InChI=1S/C21H17N3/c1-14-10-12-16(13-11-14)20-17-7-3-4-8-18(17)23-21(24-20)19-9-5-6-15(2)22-19/h3-13H,1-2H3. The highest BCUT2D eigenvalue weighted by molar-refractivity contribution is 5.93. The van der Waals surface area contributed by atoms with Gasteiger partial charge in [0.25, 0.3) is 0 Å². The molecule has 0 atom stereocenters. The van der Waals surface area contributed by atoms with E-state index >= 15 is 0 Å². The summed E-state index contributed by atoms with van der Waals surface area (Å²) in [5.41, 5.74) is 5.96. The van der Waals surface area contributed by atoms with Crippen molar-refractivity contribution in [3.8, 4) is 22.8 Å². The van der Waals surface area contributed by atoms with Crippen molar-refractivity contribution in [1.29, 1.82) is 0 Å². The van der Waals surface area contributed by atoms with Gasteiger partial charge in [-0.1, -0.05) is 54.1 Å². The van der Waals surface area contributed by atoms with Gasteiger partial charge in [0.15, 0.2) is 5.82 Å². The number of benzene rings is 2. The molecule has 0 amide bonds. The van der Waals surface area contributed by atoms with E-state index in [0.29, 0.717) is 5.82 Å². The van der Waals surface area contributed by atoms with Gasteiger partial charge >= 0.3 is 0 Å². The van der Waals surface area contributed by atoms with E-state index in [-0.39, 0.29) is 0 Å². The van der Waals surface area contributed by atoms with E-state index in [1.165, 1.54) is 5.56 Å². The van der Waals surface area contributed by atoms with Crippen molar-refractivity contribution in [3.63, 3.8) is 0 Å². The molecule has 0 saturated carbocycles.